The van der Waals surface area contributed by atoms with Gasteiger partial charge in [0.1, 0.15) is 24.2 Å². The van der Waals surface area contributed by atoms with Crippen LogP contribution in [0.4, 0.5) is 0 Å². The van der Waals surface area contributed by atoms with Crippen LogP contribution in [0.1, 0.15) is 59.3 Å². The SMILES string of the molecule is CC[C@H](C)[C@H](NC(=O)[C@@H](NC(=O)[C@@H]1CCCN1C(=O)[C@H](CC(=O)O)NC(=O)[C@@H](N)CCC(=O)O)[C@@H](C)O)C(=O)O. The zero-order valence-electron chi connectivity index (χ0n) is 22.7. The number of likely N-dealkylation sites (tertiary alicyclic amines) is 1. The Morgan fingerprint density at radius 1 is 0.925 bits per heavy atom. The molecule has 40 heavy (non-hydrogen) atoms. The van der Waals surface area contributed by atoms with E-state index < -0.39 is 96.6 Å². The first-order chi connectivity index (χ1) is 18.6. The van der Waals surface area contributed by atoms with Crippen molar-refractivity contribution in [1.29, 1.82) is 0 Å². The predicted molar refractivity (Wildman–Crippen MR) is 136 cm³/mol. The van der Waals surface area contributed by atoms with Gasteiger partial charge in [-0.2, -0.15) is 0 Å². The quantitative estimate of drug-likeness (QED) is 0.0961. The topological polar surface area (TPSA) is 266 Å². The highest BCUT2D eigenvalue weighted by molar-refractivity contribution is 5.97. The van der Waals surface area contributed by atoms with Crippen molar-refractivity contribution < 1.29 is 54.0 Å². The molecule has 16 nitrogen and oxygen atoms in total. The summed E-state index contributed by atoms with van der Waals surface area (Å²) >= 11 is 0. The molecule has 7 atom stereocenters. The number of rotatable bonds is 16. The Balaban J connectivity index is 3.04. The van der Waals surface area contributed by atoms with Crippen LogP contribution in [0.25, 0.3) is 0 Å². The minimum Gasteiger partial charge on any atom is -0.481 e. The van der Waals surface area contributed by atoms with Crippen molar-refractivity contribution in [3.05, 3.63) is 0 Å². The Hall–Kier alpha value is -3.79. The first kappa shape index (κ1) is 34.2. The lowest BCUT2D eigenvalue weighted by Crippen LogP contribution is -2.60. The van der Waals surface area contributed by atoms with E-state index in [1.807, 2.05) is 0 Å². The van der Waals surface area contributed by atoms with E-state index in [1.165, 1.54) is 6.92 Å². The predicted octanol–water partition coefficient (Wildman–Crippen LogP) is -2.39. The number of carboxylic acid groups (broad SMARTS) is 3. The lowest BCUT2D eigenvalue weighted by Gasteiger charge is -2.30. The first-order valence-corrected chi connectivity index (χ1v) is 12.9. The van der Waals surface area contributed by atoms with Crippen LogP contribution in [0.15, 0.2) is 0 Å². The molecule has 0 aromatic heterocycles. The molecule has 0 aromatic carbocycles. The number of hydrogen-bond acceptors (Lipinski definition) is 9. The average molecular weight is 574 g/mol. The Morgan fingerprint density at radius 2 is 1.55 bits per heavy atom. The molecule has 226 valence electrons. The molecule has 1 heterocycles. The molecule has 0 spiro atoms. The van der Waals surface area contributed by atoms with E-state index in [1.54, 1.807) is 13.8 Å². The average Bonchev–Trinajstić information content (AvgIpc) is 3.36. The molecular formula is C24H39N5O11. The van der Waals surface area contributed by atoms with Gasteiger partial charge in [0.2, 0.25) is 23.6 Å². The number of carboxylic acids is 3. The van der Waals surface area contributed by atoms with E-state index in [0.29, 0.717) is 12.8 Å². The van der Waals surface area contributed by atoms with Gasteiger partial charge in [-0.05, 0) is 32.1 Å². The van der Waals surface area contributed by atoms with Gasteiger partial charge in [0.25, 0.3) is 0 Å². The van der Waals surface area contributed by atoms with Crippen LogP contribution in [0.3, 0.4) is 0 Å². The van der Waals surface area contributed by atoms with Gasteiger partial charge in [-0.1, -0.05) is 20.3 Å². The van der Waals surface area contributed by atoms with E-state index in [2.05, 4.69) is 16.0 Å². The standard InChI is InChI=1S/C24H39N5O11/c1-4-11(2)18(24(39)40)27-22(37)19(12(3)30)28-21(36)15-6-5-9-29(15)23(38)14(10-17(33)34)26-20(35)13(25)7-8-16(31)32/h11-15,18-19,30H,4-10,25H2,1-3H3,(H,26,35)(H,27,37)(H,28,36)(H,31,32)(H,33,34)(H,39,40)/t11-,12+,13-,14-,15-,18-,19-/m0/s1. The minimum atomic E-state index is -1.61. The van der Waals surface area contributed by atoms with Crippen molar-refractivity contribution in [2.75, 3.05) is 6.54 Å². The van der Waals surface area contributed by atoms with Crippen molar-refractivity contribution >= 4 is 41.5 Å². The lowest BCUT2D eigenvalue weighted by atomic mass is 9.98. The highest BCUT2D eigenvalue weighted by Crippen LogP contribution is 2.20. The van der Waals surface area contributed by atoms with Crippen molar-refractivity contribution in [1.82, 2.24) is 20.9 Å². The number of aliphatic hydroxyl groups is 1. The van der Waals surface area contributed by atoms with Crippen LogP contribution in [0.2, 0.25) is 0 Å². The number of nitrogens with two attached hydrogens (primary N) is 1. The normalized spacial score (nSPS) is 19.3. The number of hydrogen-bond donors (Lipinski definition) is 8. The fraction of sp³-hybridized carbons (Fsp3) is 0.708. The number of nitrogens with zero attached hydrogens (tertiary/aromatic N) is 1. The zero-order chi connectivity index (χ0) is 30.7. The molecule has 0 aliphatic carbocycles. The molecular weight excluding hydrogens is 534 g/mol. The second-order valence-corrected chi connectivity index (χ2v) is 9.82. The second kappa shape index (κ2) is 15.7. The van der Waals surface area contributed by atoms with Gasteiger partial charge in [-0.25, -0.2) is 4.79 Å². The Morgan fingerprint density at radius 3 is 2.05 bits per heavy atom. The van der Waals surface area contributed by atoms with Crippen molar-refractivity contribution in [3.8, 4) is 0 Å². The largest absolute Gasteiger partial charge is 0.481 e. The molecule has 1 fully saturated rings. The molecule has 0 aromatic rings. The maximum absolute atomic E-state index is 13.2. The van der Waals surface area contributed by atoms with Crippen LogP contribution >= 0.6 is 0 Å². The summed E-state index contributed by atoms with van der Waals surface area (Å²) in [5, 5.41) is 44.5. The molecule has 1 rings (SSSR count). The second-order valence-electron chi connectivity index (χ2n) is 9.82. The van der Waals surface area contributed by atoms with E-state index in [9.17, 15) is 48.9 Å². The summed E-state index contributed by atoms with van der Waals surface area (Å²) in [7, 11) is 0. The highest BCUT2D eigenvalue weighted by atomic mass is 16.4. The van der Waals surface area contributed by atoms with Gasteiger partial charge in [0, 0.05) is 13.0 Å². The monoisotopic (exact) mass is 573 g/mol. The van der Waals surface area contributed by atoms with Gasteiger partial charge in [-0.3, -0.25) is 28.8 Å². The maximum Gasteiger partial charge on any atom is 0.326 e. The summed E-state index contributed by atoms with van der Waals surface area (Å²) < 4.78 is 0. The molecule has 0 bridgehead atoms. The van der Waals surface area contributed by atoms with E-state index in [-0.39, 0.29) is 19.4 Å². The summed E-state index contributed by atoms with van der Waals surface area (Å²) in [6, 6.07) is -6.95. The van der Waals surface area contributed by atoms with Gasteiger partial charge in [0.15, 0.2) is 0 Å². The fourth-order valence-electron chi connectivity index (χ4n) is 4.15. The molecule has 1 aliphatic heterocycles. The summed E-state index contributed by atoms with van der Waals surface area (Å²) in [4.78, 5) is 86.3. The summed E-state index contributed by atoms with van der Waals surface area (Å²) in [5.74, 6) is -8.01. The van der Waals surface area contributed by atoms with Crippen molar-refractivity contribution in [2.45, 2.75) is 95.6 Å². The van der Waals surface area contributed by atoms with Crippen LogP contribution in [-0.2, 0) is 33.6 Å². The number of nitrogens with one attached hydrogen (secondary N) is 3. The minimum absolute atomic E-state index is 0.0224. The number of carbonyl (C=O) groups is 7. The fourth-order valence-corrected chi connectivity index (χ4v) is 4.15. The molecule has 16 heteroatoms. The molecule has 9 N–H and O–H groups in total. The summed E-state index contributed by atoms with van der Waals surface area (Å²) in [6.45, 7) is 4.58. The smallest absolute Gasteiger partial charge is 0.326 e. The third kappa shape index (κ3) is 10.1. The van der Waals surface area contributed by atoms with Gasteiger partial charge in [-0.15, -0.1) is 0 Å². The van der Waals surface area contributed by atoms with Crippen LogP contribution in [0, 0.1) is 5.92 Å². The van der Waals surface area contributed by atoms with Gasteiger partial charge >= 0.3 is 17.9 Å². The van der Waals surface area contributed by atoms with E-state index >= 15 is 0 Å². The molecule has 0 unspecified atom stereocenters. The summed E-state index contributed by atoms with van der Waals surface area (Å²) in [5.41, 5.74) is 5.66. The number of aliphatic hydroxyl groups excluding tert-OH is 1. The van der Waals surface area contributed by atoms with Crippen LogP contribution in [0.5, 0.6) is 0 Å². The Kier molecular flexibility index (Phi) is 13.4. The Labute approximate surface area is 230 Å². The van der Waals surface area contributed by atoms with Crippen molar-refractivity contribution in [2.24, 2.45) is 11.7 Å². The molecule has 0 saturated carbocycles. The lowest BCUT2D eigenvalue weighted by molar-refractivity contribution is -0.146. The third-order valence-electron chi connectivity index (χ3n) is 6.68. The van der Waals surface area contributed by atoms with E-state index in [4.69, 9.17) is 10.8 Å². The zero-order valence-corrected chi connectivity index (χ0v) is 22.7. The number of amides is 4. The molecule has 1 saturated heterocycles. The van der Waals surface area contributed by atoms with Crippen molar-refractivity contribution in [3.63, 3.8) is 0 Å². The molecule has 0 radical (unpaired) electrons. The molecule has 1 aliphatic rings. The summed E-state index contributed by atoms with van der Waals surface area (Å²) in [6.07, 6.45) is -2.08. The number of aliphatic carboxylic acids is 3. The third-order valence-corrected chi connectivity index (χ3v) is 6.68. The highest BCUT2D eigenvalue weighted by Gasteiger charge is 2.41. The Bertz CT molecular complexity index is 973. The van der Waals surface area contributed by atoms with Crippen LogP contribution in [-0.4, -0.2) is 110 Å². The maximum atomic E-state index is 13.2. The molecule has 4 amide bonds. The van der Waals surface area contributed by atoms with Crippen LogP contribution < -0.4 is 21.7 Å². The number of carbonyl (C=O) groups excluding carboxylic acids is 4. The van der Waals surface area contributed by atoms with Gasteiger partial charge < -0.3 is 47.0 Å². The van der Waals surface area contributed by atoms with E-state index in [0.717, 1.165) is 4.90 Å². The first-order valence-electron chi connectivity index (χ1n) is 12.9. The van der Waals surface area contributed by atoms with Gasteiger partial charge in [0.05, 0.1) is 18.6 Å².